The molecule has 0 unspecified atom stereocenters. The lowest BCUT2D eigenvalue weighted by molar-refractivity contribution is 0.0659. The summed E-state index contributed by atoms with van der Waals surface area (Å²) in [5.41, 5.74) is 1.03. The zero-order valence-corrected chi connectivity index (χ0v) is 11.5. The number of carboxylic acid groups (broad SMARTS) is 1. The Morgan fingerprint density at radius 2 is 2.00 bits per heavy atom. The molecule has 1 amide bonds. The molecule has 0 atom stereocenters. The minimum Gasteiger partial charge on any atom is -0.497 e. The Hall–Kier alpha value is -2.76. The molecule has 2 rings (SSSR count). The molecule has 1 heterocycles. The molecule has 6 nitrogen and oxygen atoms in total. The van der Waals surface area contributed by atoms with E-state index in [1.54, 1.807) is 7.11 Å². The van der Waals surface area contributed by atoms with E-state index in [1.807, 2.05) is 24.3 Å². The Kier molecular flexibility index (Phi) is 4.61. The second-order valence-corrected chi connectivity index (χ2v) is 4.33. The van der Waals surface area contributed by atoms with Crippen LogP contribution >= 0.6 is 0 Å². The fraction of sp³-hybridized carbons (Fsp3) is 0.200. The molecule has 0 fully saturated rings. The first-order valence-electron chi connectivity index (χ1n) is 6.34. The summed E-state index contributed by atoms with van der Waals surface area (Å²) in [5.74, 6) is -1.15. The summed E-state index contributed by atoms with van der Waals surface area (Å²) in [5, 5.41) is 11.4. The molecule has 2 aromatic rings. The molecule has 0 aliphatic heterocycles. The summed E-state index contributed by atoms with van der Waals surface area (Å²) in [6.45, 7) is 0.412. The molecule has 6 heteroatoms. The smallest absolute Gasteiger partial charge is 0.371 e. The first kappa shape index (κ1) is 14.6. The normalized spacial score (nSPS) is 10.1. The lowest BCUT2D eigenvalue weighted by atomic mass is 10.1. The number of nitrogens with one attached hydrogen (secondary N) is 1. The van der Waals surface area contributed by atoms with Gasteiger partial charge >= 0.3 is 5.97 Å². The van der Waals surface area contributed by atoms with Crippen LogP contribution in [0.3, 0.4) is 0 Å². The van der Waals surface area contributed by atoms with Gasteiger partial charge in [0.15, 0.2) is 5.76 Å². The molecule has 2 N–H and O–H groups in total. The van der Waals surface area contributed by atoms with Gasteiger partial charge in [0.25, 0.3) is 5.91 Å². The number of benzene rings is 1. The average molecular weight is 289 g/mol. The molecule has 0 radical (unpaired) electrons. The van der Waals surface area contributed by atoms with E-state index >= 15 is 0 Å². The molecule has 110 valence electrons. The van der Waals surface area contributed by atoms with Crippen molar-refractivity contribution in [2.24, 2.45) is 0 Å². The molecule has 0 bridgehead atoms. The number of hydrogen-bond acceptors (Lipinski definition) is 4. The van der Waals surface area contributed by atoms with Gasteiger partial charge in [-0.05, 0) is 36.2 Å². The van der Waals surface area contributed by atoms with Crippen LogP contribution in [0.2, 0.25) is 0 Å². The molecule has 0 aliphatic carbocycles. The highest BCUT2D eigenvalue weighted by Gasteiger charge is 2.14. The van der Waals surface area contributed by atoms with E-state index in [2.05, 4.69) is 5.32 Å². The molecule has 0 saturated heterocycles. The van der Waals surface area contributed by atoms with Crippen molar-refractivity contribution >= 4 is 11.9 Å². The number of amides is 1. The minimum absolute atomic E-state index is 0.0157. The van der Waals surface area contributed by atoms with Gasteiger partial charge in [-0.25, -0.2) is 4.79 Å². The first-order valence-corrected chi connectivity index (χ1v) is 6.34. The molecule has 21 heavy (non-hydrogen) atoms. The summed E-state index contributed by atoms with van der Waals surface area (Å²) in [6.07, 6.45) is 0.634. The van der Waals surface area contributed by atoms with E-state index < -0.39 is 11.9 Å². The standard InChI is InChI=1S/C15H15NO5/c1-20-11-4-2-3-10(9-11)7-8-16-14(17)12-5-6-13(21-12)15(18)19/h2-6,9H,7-8H2,1H3,(H,16,17)(H,18,19). The highest BCUT2D eigenvalue weighted by atomic mass is 16.5. The van der Waals surface area contributed by atoms with Crippen LogP contribution in [0.25, 0.3) is 0 Å². The Bertz CT molecular complexity index is 647. The van der Waals surface area contributed by atoms with Crippen LogP contribution in [-0.4, -0.2) is 30.6 Å². The topological polar surface area (TPSA) is 88.8 Å². The average Bonchev–Trinajstić information content (AvgIpc) is 2.97. The van der Waals surface area contributed by atoms with Gasteiger partial charge in [0.05, 0.1) is 7.11 Å². The van der Waals surface area contributed by atoms with Gasteiger partial charge in [-0.15, -0.1) is 0 Å². The first-order chi connectivity index (χ1) is 10.1. The van der Waals surface area contributed by atoms with Crippen LogP contribution in [0.1, 0.15) is 26.7 Å². The summed E-state index contributed by atoms with van der Waals surface area (Å²) >= 11 is 0. The Balaban J connectivity index is 1.87. The van der Waals surface area contributed by atoms with Crippen LogP contribution in [0.4, 0.5) is 0 Å². The van der Waals surface area contributed by atoms with E-state index in [4.69, 9.17) is 14.3 Å². The van der Waals surface area contributed by atoms with Gasteiger partial charge in [-0.3, -0.25) is 4.79 Å². The fourth-order valence-electron chi connectivity index (χ4n) is 1.81. The third kappa shape index (κ3) is 3.85. The van der Waals surface area contributed by atoms with Crippen molar-refractivity contribution in [3.05, 3.63) is 53.5 Å². The number of furan rings is 1. The van der Waals surface area contributed by atoms with E-state index in [1.165, 1.54) is 12.1 Å². The second kappa shape index (κ2) is 6.60. The second-order valence-electron chi connectivity index (χ2n) is 4.33. The lowest BCUT2D eigenvalue weighted by Crippen LogP contribution is -2.25. The van der Waals surface area contributed by atoms with Gasteiger partial charge in [-0.1, -0.05) is 12.1 Å². The minimum atomic E-state index is -1.20. The van der Waals surface area contributed by atoms with Gasteiger partial charge in [0, 0.05) is 6.54 Å². The van der Waals surface area contributed by atoms with Gasteiger partial charge in [0.1, 0.15) is 5.75 Å². The maximum absolute atomic E-state index is 11.8. The monoisotopic (exact) mass is 289 g/mol. The Morgan fingerprint density at radius 3 is 2.67 bits per heavy atom. The third-order valence-corrected chi connectivity index (χ3v) is 2.87. The third-order valence-electron chi connectivity index (χ3n) is 2.87. The van der Waals surface area contributed by atoms with Gasteiger partial charge in [-0.2, -0.15) is 0 Å². The summed E-state index contributed by atoms with van der Waals surface area (Å²) in [6, 6.07) is 10.1. The van der Waals surface area contributed by atoms with Gasteiger partial charge < -0.3 is 19.6 Å². The fourth-order valence-corrected chi connectivity index (χ4v) is 1.81. The zero-order chi connectivity index (χ0) is 15.2. The maximum Gasteiger partial charge on any atom is 0.371 e. The van der Waals surface area contributed by atoms with Crippen LogP contribution in [0.5, 0.6) is 5.75 Å². The summed E-state index contributed by atoms with van der Waals surface area (Å²) in [7, 11) is 1.60. The van der Waals surface area contributed by atoms with Crippen LogP contribution < -0.4 is 10.1 Å². The predicted octanol–water partition coefficient (Wildman–Crippen LogP) is 1.96. The SMILES string of the molecule is COc1cccc(CCNC(=O)c2ccc(C(=O)O)o2)c1. The quantitative estimate of drug-likeness (QED) is 0.848. The van der Waals surface area contributed by atoms with Crippen molar-refractivity contribution in [2.45, 2.75) is 6.42 Å². The molecule has 1 aromatic heterocycles. The van der Waals surface area contributed by atoms with Crippen molar-refractivity contribution in [1.29, 1.82) is 0 Å². The molecule has 0 saturated carbocycles. The number of carbonyl (C=O) groups excluding carboxylic acids is 1. The van der Waals surface area contributed by atoms with Crippen molar-refractivity contribution in [3.63, 3.8) is 0 Å². The highest BCUT2D eigenvalue weighted by molar-refractivity contribution is 5.93. The van der Waals surface area contributed by atoms with E-state index in [-0.39, 0.29) is 11.5 Å². The number of rotatable bonds is 6. The molecule has 0 aliphatic rings. The van der Waals surface area contributed by atoms with Crippen molar-refractivity contribution in [3.8, 4) is 5.75 Å². The number of hydrogen-bond donors (Lipinski definition) is 2. The maximum atomic E-state index is 11.8. The number of aromatic carboxylic acids is 1. The Morgan fingerprint density at radius 1 is 1.24 bits per heavy atom. The summed E-state index contributed by atoms with van der Waals surface area (Å²) < 4.78 is 10.0. The number of methoxy groups -OCH3 is 1. The lowest BCUT2D eigenvalue weighted by Gasteiger charge is -2.05. The van der Waals surface area contributed by atoms with E-state index in [0.717, 1.165) is 11.3 Å². The Labute approximate surface area is 121 Å². The number of carbonyl (C=O) groups is 2. The highest BCUT2D eigenvalue weighted by Crippen LogP contribution is 2.12. The number of carboxylic acids is 1. The van der Waals surface area contributed by atoms with E-state index in [9.17, 15) is 9.59 Å². The molecule has 1 aromatic carbocycles. The molecular weight excluding hydrogens is 274 g/mol. The largest absolute Gasteiger partial charge is 0.497 e. The molecular formula is C15H15NO5. The number of ether oxygens (including phenoxy) is 1. The predicted molar refractivity (Wildman–Crippen MR) is 74.7 cm³/mol. The van der Waals surface area contributed by atoms with Crippen molar-refractivity contribution in [1.82, 2.24) is 5.32 Å². The summed E-state index contributed by atoms with van der Waals surface area (Å²) in [4.78, 5) is 22.4. The van der Waals surface area contributed by atoms with E-state index in [0.29, 0.717) is 13.0 Å². The van der Waals surface area contributed by atoms with Gasteiger partial charge in [0.2, 0.25) is 5.76 Å². The molecule has 0 spiro atoms. The van der Waals surface area contributed by atoms with Crippen LogP contribution in [-0.2, 0) is 6.42 Å². The van der Waals surface area contributed by atoms with Crippen LogP contribution in [0, 0.1) is 0 Å². The zero-order valence-electron chi connectivity index (χ0n) is 11.5. The van der Waals surface area contributed by atoms with Crippen molar-refractivity contribution in [2.75, 3.05) is 13.7 Å². The van der Waals surface area contributed by atoms with Crippen molar-refractivity contribution < 1.29 is 23.8 Å². The van der Waals surface area contributed by atoms with Crippen LogP contribution in [0.15, 0.2) is 40.8 Å².